The molecule has 164 valence electrons. The van der Waals surface area contributed by atoms with Crippen LogP contribution in [-0.2, 0) is 0 Å². The maximum absolute atomic E-state index is 6.63. The Morgan fingerprint density at radius 2 is 1.76 bits per heavy atom. The number of benzene rings is 3. The highest BCUT2D eigenvalue weighted by atomic mass is 35.5. The Morgan fingerprint density at radius 1 is 1.00 bits per heavy atom. The molecule has 33 heavy (non-hydrogen) atoms. The lowest BCUT2D eigenvalue weighted by atomic mass is 9.84. The van der Waals surface area contributed by atoms with Crippen molar-refractivity contribution < 1.29 is 9.47 Å². The summed E-state index contributed by atoms with van der Waals surface area (Å²) in [7, 11) is 1.67. The van der Waals surface area contributed by atoms with E-state index in [0.29, 0.717) is 11.0 Å². The van der Waals surface area contributed by atoms with Crippen molar-refractivity contribution >= 4 is 23.2 Å². The number of hydrogen-bond donors (Lipinski definition) is 1. The molecule has 0 aliphatic carbocycles. The second-order valence-corrected chi connectivity index (χ2v) is 8.64. The third-order valence-corrected chi connectivity index (χ3v) is 6.42. The Labute approximate surface area is 196 Å². The average Bonchev–Trinajstić information content (AvgIpc) is 3.31. The lowest BCUT2D eigenvalue weighted by molar-refractivity contribution is 0.223. The van der Waals surface area contributed by atoms with Gasteiger partial charge < -0.3 is 14.8 Å². The predicted molar refractivity (Wildman–Crippen MR) is 128 cm³/mol. The monoisotopic (exact) mass is 456 g/mol. The molecule has 2 aliphatic rings. The van der Waals surface area contributed by atoms with Crippen molar-refractivity contribution in [2.45, 2.75) is 19.1 Å². The summed E-state index contributed by atoms with van der Waals surface area (Å²) in [6.07, 6.45) is 1.25. The van der Waals surface area contributed by atoms with Crippen molar-refractivity contribution in [1.82, 2.24) is 14.8 Å². The van der Waals surface area contributed by atoms with Gasteiger partial charge in [-0.2, -0.15) is 10.1 Å². The molecule has 2 aliphatic heterocycles. The molecule has 1 N–H and O–H groups in total. The summed E-state index contributed by atoms with van der Waals surface area (Å²) in [6, 6.07) is 22.0. The Hall–Kier alpha value is -3.77. The average molecular weight is 457 g/mol. The maximum Gasteiger partial charge on any atom is 0.226 e. The number of ether oxygens (including phenoxy) is 2. The number of rotatable bonds is 3. The van der Waals surface area contributed by atoms with E-state index in [1.165, 1.54) is 5.56 Å². The van der Waals surface area contributed by atoms with E-state index in [9.17, 15) is 0 Å². The Bertz CT molecular complexity index is 1380. The molecular weight excluding hydrogens is 436 g/mol. The molecule has 2 atom stereocenters. The summed E-state index contributed by atoms with van der Waals surface area (Å²) >= 11 is 6.39. The molecule has 3 heterocycles. The van der Waals surface area contributed by atoms with E-state index in [-0.39, 0.29) is 12.1 Å². The number of aryl methyl sites for hydroxylation is 1. The Kier molecular flexibility index (Phi) is 4.62. The molecular formula is C26H21ClN4O2. The third-order valence-electron chi connectivity index (χ3n) is 6.19. The van der Waals surface area contributed by atoms with Gasteiger partial charge in [0.25, 0.3) is 0 Å². The highest BCUT2D eigenvalue weighted by Crippen LogP contribution is 2.51. The standard InChI is InChI=1S/C26H21ClN4O2/c1-15-3-5-17(6-4-15)25-22-23(20-13-18(27)9-12-21(20)33-25)30-26-28-14-29-31(26)24(22)16-7-10-19(32-2)11-8-16/h3-14,24-25H,1-2H3,(H,28,29,30)/t24-,25-/m0/s1. The molecule has 0 bridgehead atoms. The number of halogens is 1. The zero-order valence-electron chi connectivity index (χ0n) is 18.1. The maximum atomic E-state index is 6.63. The first kappa shape index (κ1) is 19.9. The summed E-state index contributed by atoms with van der Waals surface area (Å²) in [6.45, 7) is 2.08. The van der Waals surface area contributed by atoms with Gasteiger partial charge in [-0.15, -0.1) is 0 Å². The van der Waals surface area contributed by atoms with Gasteiger partial charge >= 0.3 is 0 Å². The summed E-state index contributed by atoms with van der Waals surface area (Å²) in [4.78, 5) is 4.47. The van der Waals surface area contributed by atoms with Crippen LogP contribution in [0.2, 0.25) is 5.02 Å². The van der Waals surface area contributed by atoms with Crippen LogP contribution in [0.15, 0.2) is 78.6 Å². The normalized spacial score (nSPS) is 18.5. The van der Waals surface area contributed by atoms with Crippen LogP contribution < -0.4 is 14.8 Å². The van der Waals surface area contributed by atoms with Crippen LogP contribution in [0, 0.1) is 6.92 Å². The van der Waals surface area contributed by atoms with Gasteiger partial charge in [0.05, 0.1) is 12.8 Å². The quantitative estimate of drug-likeness (QED) is 0.421. The van der Waals surface area contributed by atoms with Crippen LogP contribution in [0.5, 0.6) is 11.5 Å². The first-order chi connectivity index (χ1) is 16.1. The molecule has 4 aromatic rings. The van der Waals surface area contributed by atoms with E-state index in [4.69, 9.17) is 21.1 Å². The van der Waals surface area contributed by atoms with Gasteiger partial charge in [0.1, 0.15) is 30.0 Å². The van der Waals surface area contributed by atoms with Crippen LogP contribution in [0.3, 0.4) is 0 Å². The number of nitrogens with one attached hydrogen (secondary N) is 1. The number of methoxy groups -OCH3 is 1. The van der Waals surface area contributed by atoms with Gasteiger partial charge in [0, 0.05) is 16.2 Å². The SMILES string of the molecule is COc1ccc([C@H]2C3=C(Nc4ncnn42)c2cc(Cl)ccc2O[C@H]3c2ccc(C)cc2)cc1. The lowest BCUT2D eigenvalue weighted by Gasteiger charge is -2.39. The fraction of sp³-hybridized carbons (Fsp3) is 0.154. The number of anilines is 1. The van der Waals surface area contributed by atoms with Crippen LogP contribution in [0.25, 0.3) is 5.70 Å². The molecule has 0 fully saturated rings. The van der Waals surface area contributed by atoms with E-state index in [1.54, 1.807) is 13.4 Å². The molecule has 0 unspecified atom stereocenters. The van der Waals surface area contributed by atoms with Crippen LogP contribution in [0.4, 0.5) is 5.95 Å². The van der Waals surface area contributed by atoms with Crippen molar-refractivity contribution in [3.8, 4) is 11.5 Å². The van der Waals surface area contributed by atoms with Gasteiger partial charge in [-0.05, 0) is 48.4 Å². The van der Waals surface area contributed by atoms with Gasteiger partial charge in [0.2, 0.25) is 5.95 Å². The van der Waals surface area contributed by atoms with E-state index in [0.717, 1.165) is 39.5 Å². The molecule has 0 spiro atoms. The molecule has 0 saturated carbocycles. The highest BCUT2D eigenvalue weighted by molar-refractivity contribution is 6.30. The number of fused-ring (bicyclic) bond motifs is 3. The van der Waals surface area contributed by atoms with Crippen molar-refractivity contribution in [3.63, 3.8) is 0 Å². The van der Waals surface area contributed by atoms with Gasteiger partial charge in [-0.3, -0.25) is 0 Å². The van der Waals surface area contributed by atoms with Crippen molar-refractivity contribution in [1.29, 1.82) is 0 Å². The van der Waals surface area contributed by atoms with Crippen molar-refractivity contribution in [2.75, 3.05) is 12.4 Å². The van der Waals surface area contributed by atoms with E-state index in [2.05, 4.69) is 58.7 Å². The van der Waals surface area contributed by atoms with Crippen molar-refractivity contribution in [2.24, 2.45) is 0 Å². The van der Waals surface area contributed by atoms with Gasteiger partial charge in [-0.25, -0.2) is 4.68 Å². The summed E-state index contributed by atoms with van der Waals surface area (Å²) in [5.74, 6) is 2.25. The molecule has 3 aromatic carbocycles. The fourth-order valence-electron chi connectivity index (χ4n) is 4.56. The Morgan fingerprint density at radius 3 is 2.52 bits per heavy atom. The predicted octanol–water partition coefficient (Wildman–Crippen LogP) is 5.81. The molecule has 0 radical (unpaired) electrons. The van der Waals surface area contributed by atoms with Crippen LogP contribution in [-0.4, -0.2) is 21.9 Å². The summed E-state index contributed by atoms with van der Waals surface area (Å²) in [5, 5.41) is 8.71. The summed E-state index contributed by atoms with van der Waals surface area (Å²) in [5.41, 5.74) is 6.24. The smallest absolute Gasteiger partial charge is 0.226 e. The van der Waals surface area contributed by atoms with E-state index >= 15 is 0 Å². The number of hydrogen-bond acceptors (Lipinski definition) is 5. The second-order valence-electron chi connectivity index (χ2n) is 8.21. The summed E-state index contributed by atoms with van der Waals surface area (Å²) < 4.78 is 13.9. The zero-order chi connectivity index (χ0) is 22.5. The van der Waals surface area contributed by atoms with E-state index in [1.807, 2.05) is 35.0 Å². The first-order valence-corrected chi connectivity index (χ1v) is 11.1. The first-order valence-electron chi connectivity index (χ1n) is 10.7. The number of aromatic nitrogens is 3. The topological polar surface area (TPSA) is 61.2 Å². The van der Waals surface area contributed by atoms with Gasteiger partial charge in [0.15, 0.2) is 0 Å². The largest absolute Gasteiger partial charge is 0.497 e. The minimum Gasteiger partial charge on any atom is -0.497 e. The zero-order valence-corrected chi connectivity index (χ0v) is 18.9. The minimum atomic E-state index is -0.314. The molecule has 1 aromatic heterocycles. The van der Waals surface area contributed by atoms with Crippen LogP contribution in [0.1, 0.15) is 34.4 Å². The molecule has 0 amide bonds. The third kappa shape index (κ3) is 3.26. The number of nitrogens with zero attached hydrogens (tertiary/aromatic N) is 3. The van der Waals surface area contributed by atoms with E-state index < -0.39 is 0 Å². The second kappa shape index (κ2) is 7.67. The van der Waals surface area contributed by atoms with Crippen molar-refractivity contribution in [3.05, 3.63) is 106 Å². The Balaban J connectivity index is 1.61. The van der Waals surface area contributed by atoms with Crippen LogP contribution >= 0.6 is 11.6 Å². The lowest BCUT2D eigenvalue weighted by Crippen LogP contribution is -2.32. The van der Waals surface area contributed by atoms with Gasteiger partial charge in [-0.1, -0.05) is 53.6 Å². The molecule has 0 saturated heterocycles. The molecule has 6 rings (SSSR count). The fourth-order valence-corrected chi connectivity index (χ4v) is 4.74. The molecule has 7 heteroatoms. The molecule has 6 nitrogen and oxygen atoms in total. The highest BCUT2D eigenvalue weighted by Gasteiger charge is 2.41. The minimum absolute atomic E-state index is 0.219.